The Morgan fingerprint density at radius 3 is 3.09 bits per heavy atom. The van der Waals surface area contributed by atoms with Gasteiger partial charge in [0.05, 0.1) is 6.04 Å². The summed E-state index contributed by atoms with van der Waals surface area (Å²) in [7, 11) is 0. The van der Waals surface area contributed by atoms with E-state index in [-0.39, 0.29) is 6.04 Å². The van der Waals surface area contributed by atoms with E-state index in [2.05, 4.69) is 17.5 Å². The second-order valence-electron chi connectivity index (χ2n) is 2.55. The van der Waals surface area contributed by atoms with Crippen LogP contribution in [0.3, 0.4) is 0 Å². The third-order valence-electron chi connectivity index (χ3n) is 1.78. The maximum Gasteiger partial charge on any atom is 0.102 e. The molecule has 0 bridgehead atoms. The van der Waals surface area contributed by atoms with Crippen LogP contribution in [0.4, 0.5) is 0 Å². The third kappa shape index (κ3) is 1.24. The van der Waals surface area contributed by atoms with Gasteiger partial charge in [-0.3, -0.25) is 0 Å². The minimum Gasteiger partial charge on any atom is -0.366 e. The van der Waals surface area contributed by atoms with Crippen molar-refractivity contribution in [3.63, 3.8) is 0 Å². The lowest BCUT2D eigenvalue weighted by atomic mass is 10.0. The molecule has 0 aromatic heterocycles. The predicted molar refractivity (Wildman–Crippen MR) is 47.2 cm³/mol. The maximum atomic E-state index is 5.78. The van der Waals surface area contributed by atoms with Gasteiger partial charge in [-0.25, -0.2) is 0 Å². The van der Waals surface area contributed by atoms with Crippen molar-refractivity contribution < 1.29 is 0 Å². The average molecular weight is 166 g/mol. The third-order valence-corrected chi connectivity index (χ3v) is 2.01. The summed E-state index contributed by atoms with van der Waals surface area (Å²) in [6, 6.07) is 0.275. The molecule has 0 fully saturated rings. The molecular formula is C9H8ClN. The number of halogens is 1. The Morgan fingerprint density at radius 1 is 1.27 bits per heavy atom. The molecular weight excluding hydrogens is 158 g/mol. The van der Waals surface area contributed by atoms with Gasteiger partial charge in [0, 0.05) is 0 Å². The summed E-state index contributed by atoms with van der Waals surface area (Å²) < 4.78 is 0. The second kappa shape index (κ2) is 2.59. The van der Waals surface area contributed by atoms with Crippen LogP contribution in [0.15, 0.2) is 47.2 Å². The second-order valence-corrected chi connectivity index (χ2v) is 2.95. The molecule has 1 atom stereocenters. The topological polar surface area (TPSA) is 12.0 Å². The van der Waals surface area contributed by atoms with Crippen molar-refractivity contribution in [2.75, 3.05) is 0 Å². The highest BCUT2D eigenvalue weighted by atomic mass is 35.5. The van der Waals surface area contributed by atoms with Crippen molar-refractivity contribution in [1.82, 2.24) is 5.32 Å². The van der Waals surface area contributed by atoms with Gasteiger partial charge in [-0.05, 0) is 11.6 Å². The van der Waals surface area contributed by atoms with E-state index in [0.29, 0.717) is 5.16 Å². The van der Waals surface area contributed by atoms with Crippen molar-refractivity contribution >= 4 is 11.6 Å². The molecule has 2 rings (SSSR count). The Bertz CT molecular complexity index is 284. The Labute approximate surface area is 70.7 Å². The molecule has 1 unspecified atom stereocenters. The Morgan fingerprint density at radius 2 is 2.18 bits per heavy atom. The first-order chi connectivity index (χ1) is 5.36. The molecule has 2 aliphatic rings. The molecule has 0 aromatic carbocycles. The fourth-order valence-electron chi connectivity index (χ4n) is 1.21. The monoisotopic (exact) mass is 165 g/mol. The number of hydrogen-bond donors (Lipinski definition) is 1. The smallest absolute Gasteiger partial charge is 0.102 e. The molecule has 0 radical (unpaired) electrons. The van der Waals surface area contributed by atoms with Crippen LogP contribution in [0.25, 0.3) is 0 Å². The van der Waals surface area contributed by atoms with E-state index in [0.717, 1.165) is 0 Å². The molecule has 1 heterocycles. The SMILES string of the molecule is ClC1=CC=C2C=CC=CC2N1. The fourth-order valence-corrected chi connectivity index (χ4v) is 1.39. The summed E-state index contributed by atoms with van der Waals surface area (Å²) in [5, 5.41) is 3.85. The first kappa shape index (κ1) is 6.74. The normalized spacial score (nSPS) is 26.8. The number of dihydropyridines is 1. The van der Waals surface area contributed by atoms with Gasteiger partial charge in [-0.1, -0.05) is 42.0 Å². The maximum absolute atomic E-state index is 5.78. The van der Waals surface area contributed by atoms with E-state index >= 15 is 0 Å². The lowest BCUT2D eigenvalue weighted by molar-refractivity contribution is 0.781. The summed E-state index contributed by atoms with van der Waals surface area (Å²) in [4.78, 5) is 0. The molecule has 0 aromatic rings. The Balaban J connectivity index is 2.33. The zero-order valence-corrected chi connectivity index (χ0v) is 6.68. The minimum absolute atomic E-state index is 0.275. The highest BCUT2D eigenvalue weighted by Crippen LogP contribution is 2.18. The molecule has 56 valence electrons. The van der Waals surface area contributed by atoms with Gasteiger partial charge in [0.2, 0.25) is 0 Å². The van der Waals surface area contributed by atoms with Gasteiger partial charge in [0.15, 0.2) is 0 Å². The lowest BCUT2D eigenvalue weighted by Gasteiger charge is -2.21. The van der Waals surface area contributed by atoms with E-state index in [1.807, 2.05) is 24.3 Å². The molecule has 11 heavy (non-hydrogen) atoms. The highest BCUT2D eigenvalue weighted by Gasteiger charge is 2.13. The van der Waals surface area contributed by atoms with Crippen LogP contribution in [0.5, 0.6) is 0 Å². The van der Waals surface area contributed by atoms with Crippen LogP contribution in [0.2, 0.25) is 0 Å². The molecule has 2 heteroatoms. The Hall–Kier alpha value is -0.950. The molecule has 1 nitrogen and oxygen atoms in total. The predicted octanol–water partition coefficient (Wildman–Crippen LogP) is 2.09. The molecule has 0 spiro atoms. The fraction of sp³-hybridized carbons (Fsp3) is 0.111. The number of fused-ring (bicyclic) bond motifs is 1. The van der Waals surface area contributed by atoms with Crippen LogP contribution in [-0.4, -0.2) is 6.04 Å². The van der Waals surface area contributed by atoms with E-state index in [9.17, 15) is 0 Å². The number of allylic oxidation sites excluding steroid dienone is 4. The molecule has 0 saturated carbocycles. The van der Waals surface area contributed by atoms with Crippen molar-refractivity contribution in [3.8, 4) is 0 Å². The highest BCUT2D eigenvalue weighted by molar-refractivity contribution is 6.29. The van der Waals surface area contributed by atoms with E-state index in [1.165, 1.54) is 5.57 Å². The average Bonchev–Trinajstić information content (AvgIpc) is 2.04. The van der Waals surface area contributed by atoms with Crippen molar-refractivity contribution in [1.29, 1.82) is 0 Å². The van der Waals surface area contributed by atoms with Crippen molar-refractivity contribution in [2.24, 2.45) is 0 Å². The first-order valence-corrected chi connectivity index (χ1v) is 3.93. The summed E-state index contributed by atoms with van der Waals surface area (Å²) in [5.74, 6) is 0. The summed E-state index contributed by atoms with van der Waals surface area (Å²) in [6.07, 6.45) is 12.1. The zero-order chi connectivity index (χ0) is 7.68. The lowest BCUT2D eigenvalue weighted by Crippen LogP contribution is -2.29. The van der Waals surface area contributed by atoms with Crippen LogP contribution in [0, 0.1) is 0 Å². The quantitative estimate of drug-likeness (QED) is 0.542. The molecule has 0 saturated heterocycles. The van der Waals surface area contributed by atoms with Crippen LogP contribution in [0.1, 0.15) is 0 Å². The minimum atomic E-state index is 0.275. The van der Waals surface area contributed by atoms with E-state index < -0.39 is 0 Å². The molecule has 1 aliphatic carbocycles. The largest absolute Gasteiger partial charge is 0.366 e. The van der Waals surface area contributed by atoms with Gasteiger partial charge in [0.25, 0.3) is 0 Å². The summed E-state index contributed by atoms with van der Waals surface area (Å²) in [6.45, 7) is 0. The standard InChI is InChI=1S/C9H8ClN/c10-9-6-5-7-3-1-2-4-8(7)11-9/h1-6,8,11H. The van der Waals surface area contributed by atoms with Gasteiger partial charge >= 0.3 is 0 Å². The van der Waals surface area contributed by atoms with Gasteiger partial charge in [0.1, 0.15) is 5.16 Å². The zero-order valence-electron chi connectivity index (χ0n) is 5.92. The van der Waals surface area contributed by atoms with Crippen molar-refractivity contribution in [2.45, 2.75) is 6.04 Å². The molecule has 0 amide bonds. The van der Waals surface area contributed by atoms with Crippen LogP contribution in [-0.2, 0) is 0 Å². The van der Waals surface area contributed by atoms with Gasteiger partial charge in [-0.15, -0.1) is 0 Å². The Kier molecular flexibility index (Phi) is 1.59. The van der Waals surface area contributed by atoms with Crippen molar-refractivity contribution in [3.05, 3.63) is 47.2 Å². The molecule has 1 N–H and O–H groups in total. The summed E-state index contributed by atoms with van der Waals surface area (Å²) >= 11 is 5.78. The number of nitrogens with one attached hydrogen (secondary N) is 1. The van der Waals surface area contributed by atoms with Crippen LogP contribution < -0.4 is 5.32 Å². The number of rotatable bonds is 0. The first-order valence-electron chi connectivity index (χ1n) is 3.55. The van der Waals surface area contributed by atoms with Crippen LogP contribution >= 0.6 is 11.6 Å². The molecule has 1 aliphatic heterocycles. The van der Waals surface area contributed by atoms with Gasteiger partial charge < -0.3 is 5.32 Å². The van der Waals surface area contributed by atoms with E-state index in [4.69, 9.17) is 11.6 Å². The summed E-state index contributed by atoms with van der Waals surface area (Å²) in [5.41, 5.74) is 1.26. The number of hydrogen-bond acceptors (Lipinski definition) is 1. The van der Waals surface area contributed by atoms with Gasteiger partial charge in [-0.2, -0.15) is 0 Å². The van der Waals surface area contributed by atoms with E-state index in [1.54, 1.807) is 0 Å².